The van der Waals surface area contributed by atoms with Crippen LogP contribution in [0.4, 0.5) is 0 Å². The van der Waals surface area contributed by atoms with Crippen LogP contribution >= 0.6 is 0 Å². The summed E-state index contributed by atoms with van der Waals surface area (Å²) in [5.74, 6) is 3.50. The van der Waals surface area contributed by atoms with Crippen molar-refractivity contribution < 1.29 is 711 Å². The van der Waals surface area contributed by atoms with Crippen molar-refractivity contribution in [1.29, 1.82) is 5.26 Å². The molecular formula is C21H27B2N6O4W30Y3-3. The fraction of sp³-hybridized carbons (Fsp3) is 0.286. The van der Waals surface area contributed by atoms with E-state index in [1.165, 1.54) is 138 Å². The van der Waals surface area contributed by atoms with E-state index >= 15 is 0 Å². The summed E-state index contributed by atoms with van der Waals surface area (Å²) in [5.41, 5.74) is 2.33. The van der Waals surface area contributed by atoms with Gasteiger partial charge in [-0.15, -0.1) is 0 Å². The van der Waals surface area contributed by atoms with Crippen molar-refractivity contribution in [2.75, 3.05) is 28.3 Å². The van der Waals surface area contributed by atoms with Crippen LogP contribution in [-0.2, 0) is 696 Å². The summed E-state index contributed by atoms with van der Waals surface area (Å²) in [6, 6.07) is 2.11. The molecule has 0 amide bonds. The third-order valence-electron chi connectivity index (χ3n) is 3.49. The van der Waals surface area contributed by atoms with Crippen LogP contribution in [0.2, 0.25) is 0 Å². The molecule has 363 valence electrons. The summed E-state index contributed by atoms with van der Waals surface area (Å²) in [7, 11) is 14.8. The van der Waals surface area contributed by atoms with E-state index in [-0.39, 0.29) is 492 Å². The molecule has 7 radical (unpaired) electrons. The molecule has 3 aliphatic heterocycles. The van der Waals surface area contributed by atoms with Crippen LogP contribution in [0.1, 0.15) is 14.9 Å². The molecule has 0 atom stereocenters. The molecule has 10 nitrogen and oxygen atoms in total. The van der Waals surface area contributed by atoms with Gasteiger partial charge in [0.05, 0.1) is 0 Å². The second-order valence-corrected chi connectivity index (χ2v) is 14.2. The van der Waals surface area contributed by atoms with E-state index < -0.39 is 0 Å². The van der Waals surface area contributed by atoms with E-state index in [2.05, 4.69) is 51.2 Å². The van der Waals surface area contributed by atoms with Gasteiger partial charge in [-0.2, -0.15) is 0 Å². The van der Waals surface area contributed by atoms with Gasteiger partial charge in [-0.05, 0) is 0 Å². The van der Waals surface area contributed by atoms with E-state index in [4.69, 9.17) is 20.8 Å². The van der Waals surface area contributed by atoms with Gasteiger partial charge in [-0.3, -0.25) is 0 Å². The van der Waals surface area contributed by atoms with Gasteiger partial charge in [0.25, 0.3) is 0 Å². The summed E-state index contributed by atoms with van der Waals surface area (Å²) >= 11 is 18.3. The Morgan fingerprint density at radius 2 is 0.727 bits per heavy atom. The van der Waals surface area contributed by atoms with E-state index in [0.29, 0.717) is 5.57 Å². The Balaban J connectivity index is -0.00000000892. The van der Waals surface area contributed by atoms with Gasteiger partial charge in [0.2, 0.25) is 0 Å². The Morgan fingerprint density at radius 3 is 0.833 bits per heavy atom. The van der Waals surface area contributed by atoms with Gasteiger partial charge in [0, 0.05) is 500 Å². The molecule has 0 fully saturated rings. The molecule has 0 saturated carbocycles. The minimum absolute atomic E-state index is 0. The number of carbonyl (C=O) groups excluding carboxylic acids is 1. The molecule has 0 aliphatic carbocycles. The molecule has 45 heteroatoms. The van der Waals surface area contributed by atoms with Crippen molar-refractivity contribution in [2.45, 2.75) is 14.9 Å². The first-order chi connectivity index (χ1) is 20.5. The standard InChI is InChI=1S/C6H5N2O.C6H3N2.C6H4NO.CH4O.2CH4.B2.H3NO.30W.3Y/c1-8-3-2-6(5-8)4-7-9;1-8-3-2-6(4-7)5-8;1-7-3-2-6(4-7)5-8;1-2;;;2*1-2;;;;;;;;;;;;;;;;;;;;;;;;;;;;;;;;;/h4,9H,1H3;1H3;5H,1H3;2H,1H3;2*1H4;;2H,1H2;;;;;;;;;;;;;;;;;;;;;;;;;;;;;;;;;/q3*-1;;;;;;;;;;;;;;;;;;;;;;;;;;;;;;;;;;;;;;/b7-4+;;;;;;;;;;;;;;;;;;;;;;;;;;;;;;;;;;;;;;;;. The fourth-order valence-electron chi connectivity index (χ4n) is 1.93. The Kier molecular flexibility index (Phi) is 439. The predicted molar refractivity (Wildman–Crippen MR) is 135 cm³/mol. The second-order valence-electron chi connectivity index (χ2n) is 5.59. The van der Waals surface area contributed by atoms with Gasteiger partial charge in [-0.1, -0.05) is 14.9 Å². The van der Waals surface area contributed by atoms with Crippen LogP contribution in [0.3, 0.4) is 0 Å². The first-order valence-corrected chi connectivity index (χ1v) is 51.2. The number of nitriles is 1. The molecule has 3 heterocycles. The maximum absolute atomic E-state index is 10.4. The number of hydrogen-bond donors (Lipinski definition) is 4. The van der Waals surface area contributed by atoms with Crippen LogP contribution in [-0.4, -0.2) is 110 Å². The van der Waals surface area contributed by atoms with Gasteiger partial charge in [0.15, 0.2) is 0 Å². The minimum atomic E-state index is 0. The van der Waals surface area contributed by atoms with Gasteiger partial charge >= 0.3 is 347 Å². The van der Waals surface area contributed by atoms with Gasteiger partial charge in [-0.25, -0.2) is 5.90 Å². The Labute approximate surface area is 854 Å². The number of rotatable bonds is 2. The molecule has 0 saturated heterocycles. The van der Waals surface area contributed by atoms with E-state index in [1.54, 1.807) is 97.3 Å². The Bertz CT molecular complexity index is 1170. The molecule has 5 N–H and O–H groups in total. The zero-order valence-corrected chi connectivity index (χ0v) is 128. The van der Waals surface area contributed by atoms with Crippen molar-refractivity contribution >= 4 is 51.7 Å². The van der Waals surface area contributed by atoms with Crippen molar-refractivity contribution in [2.24, 2.45) is 11.1 Å². The monoisotopic (exact) mass is 6230 g/mol. The average Bonchev–Trinajstić information content (AvgIpc) is 3.59. The number of aliphatic hydroxyl groups excluding tert-OH is 1. The van der Waals surface area contributed by atoms with Crippen LogP contribution in [0.25, 0.3) is 0 Å². The number of oxime groups is 1. The third-order valence-corrected chi connectivity index (χ3v) is 19.1. The summed E-state index contributed by atoms with van der Waals surface area (Å²) in [4.78, 5) is 16.1. The molecule has 0 spiro atoms. The van der Waals surface area contributed by atoms with Crippen molar-refractivity contribution in [3.63, 3.8) is 0 Å². The SMILES string of the molecule is C.C.CN1[C-]=C(/C=N/O)[C](=[W])[C]1=[W].CN1[C-]=C(C#N)[C](=[W])[C]1=[W].CN1[C-]=C(C=O)[C](=[W])[C]1=[W].CO.NO.[B][B].[W].[W].[W].[W].[W].[W].[W].[W].[W].[W].[W].[W].[W].[W].[W].[W].[W].[W].[W]=[W].[W]=[W].[W]=[W].[Y].[Y].[Y]. The largest absolute Gasteiger partial charge is 0 e. The summed E-state index contributed by atoms with van der Waals surface area (Å²) in [6.07, 6.45) is 11.3. The molecule has 0 bridgehead atoms. The maximum atomic E-state index is 10.4. The van der Waals surface area contributed by atoms with Crippen LogP contribution in [0.5, 0.6) is 0 Å². The van der Waals surface area contributed by atoms with Crippen LogP contribution in [0.15, 0.2) is 21.9 Å². The third kappa shape index (κ3) is 103. The zero-order chi connectivity index (χ0) is 35.9. The van der Waals surface area contributed by atoms with Crippen molar-refractivity contribution in [3.05, 3.63) is 35.3 Å². The van der Waals surface area contributed by atoms with Gasteiger partial charge < -0.3 is 10.3 Å². The quantitative estimate of drug-likeness (QED) is 0.0595. The molecule has 0 aromatic carbocycles. The number of hydrogen-bond acceptors (Lipinski definition) is 10. The predicted octanol–water partition coefficient (Wildman–Crippen LogP) is -2.39. The number of aliphatic hydroxyl groups is 1. The number of carbonyl (C=O) groups is 1. The topological polar surface area (TPSA) is 150 Å². The fourth-order valence-corrected chi connectivity index (χ4v) is 6.07. The normalized spacial score (nSPS) is 8.76. The first kappa shape index (κ1) is 191. The average molecular weight is 6230 g/mol. The smallest absolute Gasteiger partial charge is 0 e. The molecule has 0 aromatic heterocycles. The number of aldehydes is 1. The molecule has 3 aliphatic rings. The molecular weight excluding hydrogens is 6200 g/mol. The molecule has 0 aromatic rings. The minimum Gasteiger partial charge on any atom is 0 e. The summed E-state index contributed by atoms with van der Waals surface area (Å²) in [6.45, 7) is 0. The van der Waals surface area contributed by atoms with Crippen molar-refractivity contribution in [3.8, 4) is 6.07 Å². The Morgan fingerprint density at radius 1 is 0.530 bits per heavy atom. The maximum Gasteiger partial charge on any atom is 0 e. The van der Waals surface area contributed by atoms with E-state index in [1.807, 2.05) is 35.8 Å². The summed E-state index contributed by atoms with van der Waals surface area (Å²) < 4.78 is 7.23. The Hall–Kier alpha value is 20.4. The van der Waals surface area contributed by atoms with Gasteiger partial charge in [0.1, 0.15) is 0 Å². The second kappa shape index (κ2) is 151. The van der Waals surface area contributed by atoms with E-state index in [9.17, 15) is 4.79 Å². The van der Waals surface area contributed by atoms with Crippen molar-refractivity contribution in [1.82, 2.24) is 14.7 Å². The van der Waals surface area contributed by atoms with Crippen LogP contribution in [0, 0.1) is 29.9 Å². The summed E-state index contributed by atoms with van der Waals surface area (Å²) in [5, 5.41) is 33.4. The molecule has 66 heavy (non-hydrogen) atoms. The number of nitrogens with zero attached hydrogens (tertiary/aromatic N) is 5. The molecule has 0 unspecified atom stereocenters. The molecule has 3 rings (SSSR count). The first-order valence-electron chi connectivity index (χ1n) is 9.44. The zero-order valence-electron chi connectivity index (χ0n) is 31.4. The van der Waals surface area contributed by atoms with E-state index in [0.717, 1.165) is 32.3 Å². The van der Waals surface area contributed by atoms with Crippen LogP contribution < -0.4 is 5.90 Å². The number of nitrogens with two attached hydrogens (primary N) is 1.